The van der Waals surface area contributed by atoms with Crippen molar-refractivity contribution in [3.63, 3.8) is 0 Å². The van der Waals surface area contributed by atoms with Crippen LogP contribution in [0, 0.1) is 0 Å². The summed E-state index contributed by atoms with van der Waals surface area (Å²) >= 11 is 1.87. The summed E-state index contributed by atoms with van der Waals surface area (Å²) in [6.07, 6.45) is 2.07. The first-order chi connectivity index (χ1) is 6.86. The smallest absolute Gasteiger partial charge is 0.0841 e. The maximum absolute atomic E-state index is 11.7. The lowest BCUT2D eigenvalue weighted by molar-refractivity contribution is 0.677. The Morgan fingerprint density at radius 3 is 2.86 bits per heavy atom. The van der Waals surface area contributed by atoms with Crippen molar-refractivity contribution in [2.24, 2.45) is 0 Å². The van der Waals surface area contributed by atoms with E-state index in [-0.39, 0.29) is 0 Å². The zero-order chi connectivity index (χ0) is 9.80. The van der Waals surface area contributed by atoms with Crippen molar-refractivity contribution < 1.29 is 4.21 Å². The summed E-state index contributed by atoms with van der Waals surface area (Å²) in [7, 11) is -0.616. The van der Waals surface area contributed by atoms with Crippen molar-refractivity contribution in [1.82, 2.24) is 0 Å². The molecule has 0 unspecified atom stereocenters. The summed E-state index contributed by atoms with van der Waals surface area (Å²) in [6, 6.07) is 10.4. The highest BCUT2D eigenvalue weighted by Gasteiger charge is 2.21. The van der Waals surface area contributed by atoms with E-state index in [1.54, 1.807) is 0 Å². The molecule has 0 aromatic heterocycles. The molecule has 2 atom stereocenters. The van der Waals surface area contributed by atoms with Gasteiger partial charge in [0.2, 0.25) is 0 Å². The summed E-state index contributed by atoms with van der Waals surface area (Å²) in [5.74, 6) is 2.06. The minimum Gasteiger partial charge on any atom is -0.258 e. The van der Waals surface area contributed by atoms with Gasteiger partial charge in [0.1, 0.15) is 0 Å². The fourth-order valence-electron chi connectivity index (χ4n) is 1.58. The fraction of sp³-hybridized carbons (Fsp3) is 0.455. The lowest BCUT2D eigenvalue weighted by Crippen LogP contribution is -2.22. The van der Waals surface area contributed by atoms with Crippen LogP contribution in [0.15, 0.2) is 30.3 Å². The van der Waals surface area contributed by atoms with Crippen LogP contribution in [-0.4, -0.2) is 20.3 Å². The molecule has 1 aliphatic rings. The number of hydrogen-bond acceptors (Lipinski definition) is 2. The SMILES string of the molecule is O=[S@@]1CCCS[C@@H]1Cc1ccccc1. The molecule has 0 saturated carbocycles. The molecule has 76 valence electrons. The third-order valence-corrected chi connectivity index (χ3v) is 5.89. The molecule has 1 saturated heterocycles. The molecule has 1 heterocycles. The Balaban J connectivity index is 2.00. The lowest BCUT2D eigenvalue weighted by Gasteiger charge is -2.20. The first-order valence-corrected chi connectivity index (χ1v) is 7.32. The zero-order valence-corrected chi connectivity index (χ0v) is 9.65. The second-order valence-corrected chi connectivity index (χ2v) is 6.78. The molecule has 1 nitrogen and oxygen atoms in total. The molecule has 0 radical (unpaired) electrons. The van der Waals surface area contributed by atoms with Gasteiger partial charge in [0, 0.05) is 16.6 Å². The maximum atomic E-state index is 11.7. The van der Waals surface area contributed by atoms with Crippen molar-refractivity contribution in [2.45, 2.75) is 17.4 Å². The Kier molecular flexibility index (Phi) is 3.65. The number of hydrogen-bond donors (Lipinski definition) is 0. The molecule has 1 fully saturated rings. The van der Waals surface area contributed by atoms with E-state index in [4.69, 9.17) is 0 Å². The minimum atomic E-state index is -0.616. The molecule has 1 aromatic rings. The van der Waals surface area contributed by atoms with E-state index in [0.717, 1.165) is 18.6 Å². The van der Waals surface area contributed by atoms with Crippen LogP contribution < -0.4 is 0 Å². The second kappa shape index (κ2) is 4.99. The van der Waals surface area contributed by atoms with Gasteiger partial charge in [0.05, 0.1) is 4.58 Å². The van der Waals surface area contributed by atoms with Crippen LogP contribution in [0.2, 0.25) is 0 Å². The Hall–Kier alpha value is -0.280. The second-order valence-electron chi connectivity index (χ2n) is 3.43. The van der Waals surface area contributed by atoms with Gasteiger partial charge in [-0.15, -0.1) is 11.8 Å². The summed E-state index contributed by atoms with van der Waals surface area (Å²) < 4.78 is 12.0. The predicted molar refractivity (Wildman–Crippen MR) is 64.0 cm³/mol. The third kappa shape index (κ3) is 2.61. The summed E-state index contributed by atoms with van der Waals surface area (Å²) in [6.45, 7) is 0. The summed E-state index contributed by atoms with van der Waals surface area (Å²) in [5.41, 5.74) is 1.31. The van der Waals surface area contributed by atoms with Crippen molar-refractivity contribution in [3.05, 3.63) is 35.9 Å². The van der Waals surface area contributed by atoms with E-state index in [0.29, 0.717) is 4.58 Å². The average Bonchev–Trinajstić information content (AvgIpc) is 2.23. The van der Waals surface area contributed by atoms with Gasteiger partial charge in [0.25, 0.3) is 0 Å². The zero-order valence-electron chi connectivity index (χ0n) is 8.02. The lowest BCUT2D eigenvalue weighted by atomic mass is 10.2. The van der Waals surface area contributed by atoms with Crippen LogP contribution >= 0.6 is 11.8 Å². The molecule has 3 heteroatoms. The van der Waals surface area contributed by atoms with Crippen molar-refractivity contribution in [3.8, 4) is 0 Å². The molecule has 1 aromatic carbocycles. The molecule has 0 spiro atoms. The van der Waals surface area contributed by atoms with Gasteiger partial charge in [-0.3, -0.25) is 4.21 Å². The van der Waals surface area contributed by atoms with Crippen molar-refractivity contribution in [1.29, 1.82) is 0 Å². The first kappa shape index (κ1) is 10.2. The van der Waals surface area contributed by atoms with Gasteiger partial charge in [-0.1, -0.05) is 30.3 Å². The Morgan fingerprint density at radius 2 is 2.14 bits per heavy atom. The quantitative estimate of drug-likeness (QED) is 0.770. The Labute approximate surface area is 91.7 Å². The predicted octanol–water partition coefficient (Wildman–Crippen LogP) is 2.44. The largest absolute Gasteiger partial charge is 0.258 e. The molecule has 0 N–H and O–H groups in total. The minimum absolute atomic E-state index is 0.325. The summed E-state index contributed by atoms with van der Waals surface area (Å²) in [5, 5.41) is 0. The molecular formula is C11H14OS2. The standard InChI is InChI=1S/C11H14OS2/c12-14-8-4-7-13-11(14)9-10-5-2-1-3-6-10/h1-3,5-6,11H,4,7-9H2/t11-,14+/m0/s1. The van der Waals surface area contributed by atoms with E-state index in [2.05, 4.69) is 12.1 Å². The molecular weight excluding hydrogens is 212 g/mol. The van der Waals surface area contributed by atoms with Crippen LogP contribution in [-0.2, 0) is 17.2 Å². The van der Waals surface area contributed by atoms with E-state index in [9.17, 15) is 4.21 Å². The Bertz CT molecular complexity index is 310. The highest BCUT2D eigenvalue weighted by Crippen LogP contribution is 2.25. The highest BCUT2D eigenvalue weighted by molar-refractivity contribution is 8.11. The van der Waals surface area contributed by atoms with Crippen LogP contribution in [0.1, 0.15) is 12.0 Å². The van der Waals surface area contributed by atoms with Crippen molar-refractivity contribution in [2.75, 3.05) is 11.5 Å². The van der Waals surface area contributed by atoms with E-state index >= 15 is 0 Å². The molecule has 0 bridgehead atoms. The van der Waals surface area contributed by atoms with Gasteiger partial charge >= 0.3 is 0 Å². The van der Waals surface area contributed by atoms with Crippen LogP contribution in [0.3, 0.4) is 0 Å². The van der Waals surface area contributed by atoms with Crippen LogP contribution in [0.25, 0.3) is 0 Å². The molecule has 0 aliphatic carbocycles. The van der Waals surface area contributed by atoms with Gasteiger partial charge in [-0.2, -0.15) is 0 Å². The van der Waals surface area contributed by atoms with Crippen LogP contribution in [0.5, 0.6) is 0 Å². The normalized spacial score (nSPS) is 27.4. The van der Waals surface area contributed by atoms with Crippen LogP contribution in [0.4, 0.5) is 0 Å². The van der Waals surface area contributed by atoms with Gasteiger partial charge in [0.15, 0.2) is 0 Å². The topological polar surface area (TPSA) is 17.1 Å². The Morgan fingerprint density at radius 1 is 1.36 bits per heavy atom. The average molecular weight is 226 g/mol. The van der Waals surface area contributed by atoms with Gasteiger partial charge in [-0.05, 0) is 24.2 Å². The van der Waals surface area contributed by atoms with E-state index in [1.807, 2.05) is 30.0 Å². The molecule has 2 rings (SSSR count). The third-order valence-electron chi connectivity index (χ3n) is 2.33. The number of thioether (sulfide) groups is 1. The maximum Gasteiger partial charge on any atom is 0.0841 e. The molecule has 0 amide bonds. The fourth-order valence-corrected chi connectivity index (χ4v) is 4.90. The molecule has 1 aliphatic heterocycles. The first-order valence-electron chi connectivity index (χ1n) is 4.89. The van der Waals surface area contributed by atoms with E-state index < -0.39 is 10.8 Å². The summed E-state index contributed by atoms with van der Waals surface area (Å²) in [4.78, 5) is 0. The monoisotopic (exact) mass is 226 g/mol. The number of benzene rings is 1. The highest BCUT2D eigenvalue weighted by atomic mass is 32.2. The van der Waals surface area contributed by atoms with Crippen molar-refractivity contribution >= 4 is 22.6 Å². The van der Waals surface area contributed by atoms with Gasteiger partial charge in [-0.25, -0.2) is 0 Å². The molecule has 14 heavy (non-hydrogen) atoms. The number of rotatable bonds is 2. The van der Waals surface area contributed by atoms with Gasteiger partial charge < -0.3 is 0 Å². The van der Waals surface area contributed by atoms with E-state index in [1.165, 1.54) is 11.3 Å².